The summed E-state index contributed by atoms with van der Waals surface area (Å²) in [7, 11) is 0. The normalized spacial score (nSPS) is 12.5. The van der Waals surface area contributed by atoms with Gasteiger partial charge in [0.2, 0.25) is 0 Å². The van der Waals surface area contributed by atoms with Gasteiger partial charge in [0.25, 0.3) is 0 Å². The lowest BCUT2D eigenvalue weighted by molar-refractivity contribution is 0.607. The second kappa shape index (κ2) is 5.75. The van der Waals surface area contributed by atoms with Crippen LogP contribution in [0.15, 0.2) is 36.4 Å². The van der Waals surface area contributed by atoms with Crippen molar-refractivity contribution in [3.63, 3.8) is 0 Å². The highest BCUT2D eigenvalue weighted by atomic mass is 35.5. The fourth-order valence-electron chi connectivity index (χ4n) is 2.64. The summed E-state index contributed by atoms with van der Waals surface area (Å²) in [5, 5.41) is -0.197. The third-order valence-corrected chi connectivity index (χ3v) is 3.78. The summed E-state index contributed by atoms with van der Waals surface area (Å²) in [6, 6.07) is 11.1. The van der Waals surface area contributed by atoms with Crippen molar-refractivity contribution >= 4 is 11.6 Å². The summed E-state index contributed by atoms with van der Waals surface area (Å²) in [5.41, 5.74) is 5.37. The molecular formula is C17H18ClF. The van der Waals surface area contributed by atoms with Gasteiger partial charge in [-0.15, -0.1) is 11.6 Å². The Balaban J connectivity index is 2.31. The maximum Gasteiger partial charge on any atom is 0.126 e. The molecule has 2 heteroatoms. The maximum absolute atomic E-state index is 13.7. The molecule has 2 rings (SSSR count). The molecule has 0 aliphatic carbocycles. The van der Waals surface area contributed by atoms with E-state index in [0.717, 1.165) is 5.56 Å². The van der Waals surface area contributed by atoms with E-state index in [1.807, 2.05) is 6.07 Å². The Morgan fingerprint density at radius 2 is 1.63 bits per heavy atom. The monoisotopic (exact) mass is 276 g/mol. The summed E-state index contributed by atoms with van der Waals surface area (Å²) in [5.74, 6) is -0.185. The zero-order valence-corrected chi connectivity index (χ0v) is 12.3. The molecule has 0 nitrogen and oxygen atoms in total. The predicted octanol–water partition coefficient (Wildman–Crippen LogP) is 5.27. The molecule has 0 amide bonds. The largest absolute Gasteiger partial charge is 0.207 e. The van der Waals surface area contributed by atoms with Gasteiger partial charge in [-0.3, -0.25) is 0 Å². The van der Waals surface area contributed by atoms with Gasteiger partial charge in [-0.05, 0) is 55.5 Å². The van der Waals surface area contributed by atoms with E-state index in [0.29, 0.717) is 12.0 Å². The van der Waals surface area contributed by atoms with E-state index in [1.165, 1.54) is 22.8 Å². The molecule has 100 valence electrons. The van der Waals surface area contributed by atoms with E-state index in [-0.39, 0.29) is 11.2 Å². The summed E-state index contributed by atoms with van der Waals surface area (Å²) in [6.07, 6.45) is 0.513. The van der Waals surface area contributed by atoms with Gasteiger partial charge >= 0.3 is 0 Å². The molecule has 0 fully saturated rings. The molecule has 19 heavy (non-hydrogen) atoms. The van der Waals surface area contributed by atoms with E-state index < -0.39 is 0 Å². The van der Waals surface area contributed by atoms with Crippen molar-refractivity contribution in [1.29, 1.82) is 0 Å². The Morgan fingerprint density at radius 1 is 1.05 bits per heavy atom. The third kappa shape index (κ3) is 3.16. The van der Waals surface area contributed by atoms with Gasteiger partial charge < -0.3 is 0 Å². The van der Waals surface area contributed by atoms with Gasteiger partial charge in [-0.1, -0.05) is 35.9 Å². The first-order valence-corrected chi connectivity index (χ1v) is 6.88. The molecule has 1 unspecified atom stereocenters. The van der Waals surface area contributed by atoms with Crippen LogP contribution >= 0.6 is 11.6 Å². The Kier molecular flexibility index (Phi) is 4.26. The number of hydrogen-bond donors (Lipinski definition) is 0. The first-order chi connectivity index (χ1) is 8.99. The molecule has 0 aliphatic rings. The van der Waals surface area contributed by atoms with Crippen LogP contribution < -0.4 is 0 Å². The summed E-state index contributed by atoms with van der Waals surface area (Å²) in [6.45, 7) is 6.20. The fourth-order valence-corrected chi connectivity index (χ4v) is 3.15. The standard InChI is InChI=1S/C17H18ClF/c1-11-8-12(2)17(13(3)9-11)15(18)10-14-6-4-5-7-16(14)19/h4-9,15H,10H2,1-3H3. The number of aryl methyl sites for hydroxylation is 3. The van der Waals surface area contributed by atoms with Crippen molar-refractivity contribution in [1.82, 2.24) is 0 Å². The van der Waals surface area contributed by atoms with Crippen molar-refractivity contribution in [2.75, 3.05) is 0 Å². The Hall–Kier alpha value is -1.34. The van der Waals surface area contributed by atoms with Crippen LogP contribution in [0.2, 0.25) is 0 Å². The minimum absolute atomic E-state index is 0.185. The molecular weight excluding hydrogens is 259 g/mol. The zero-order chi connectivity index (χ0) is 14.0. The van der Waals surface area contributed by atoms with E-state index in [1.54, 1.807) is 12.1 Å². The highest BCUT2D eigenvalue weighted by Crippen LogP contribution is 2.31. The van der Waals surface area contributed by atoms with Gasteiger partial charge in [0.1, 0.15) is 5.82 Å². The van der Waals surface area contributed by atoms with Gasteiger partial charge in [0, 0.05) is 0 Å². The smallest absolute Gasteiger partial charge is 0.126 e. The molecule has 0 radical (unpaired) electrons. The van der Waals surface area contributed by atoms with Crippen molar-refractivity contribution in [2.24, 2.45) is 0 Å². The molecule has 0 aliphatic heterocycles. The molecule has 0 N–H and O–H groups in total. The third-order valence-electron chi connectivity index (χ3n) is 3.41. The van der Waals surface area contributed by atoms with E-state index in [4.69, 9.17) is 11.6 Å². The highest BCUT2D eigenvalue weighted by Gasteiger charge is 2.16. The zero-order valence-electron chi connectivity index (χ0n) is 11.5. The van der Waals surface area contributed by atoms with Crippen molar-refractivity contribution in [2.45, 2.75) is 32.6 Å². The SMILES string of the molecule is Cc1cc(C)c(C(Cl)Cc2ccccc2F)c(C)c1. The van der Waals surface area contributed by atoms with Crippen LogP contribution in [0, 0.1) is 26.6 Å². The molecule has 0 aromatic heterocycles. The molecule has 2 aromatic carbocycles. The topological polar surface area (TPSA) is 0 Å². The van der Waals surface area contributed by atoms with Crippen LogP contribution in [-0.4, -0.2) is 0 Å². The number of hydrogen-bond acceptors (Lipinski definition) is 0. The molecule has 0 saturated carbocycles. The quantitative estimate of drug-likeness (QED) is 0.670. The minimum Gasteiger partial charge on any atom is -0.207 e. The molecule has 0 saturated heterocycles. The Labute approximate surface area is 119 Å². The van der Waals surface area contributed by atoms with Gasteiger partial charge in [-0.2, -0.15) is 0 Å². The van der Waals surface area contributed by atoms with E-state index in [9.17, 15) is 4.39 Å². The van der Waals surface area contributed by atoms with Gasteiger partial charge in [0.15, 0.2) is 0 Å². The van der Waals surface area contributed by atoms with Crippen LogP contribution in [0.3, 0.4) is 0 Å². The summed E-state index contributed by atoms with van der Waals surface area (Å²) < 4.78 is 13.7. The molecule has 1 atom stereocenters. The molecule has 0 bridgehead atoms. The number of halogens is 2. The first kappa shape index (κ1) is 14.1. The summed E-state index contributed by atoms with van der Waals surface area (Å²) >= 11 is 6.51. The Bertz CT molecular complexity index is 567. The van der Waals surface area contributed by atoms with Crippen molar-refractivity contribution < 1.29 is 4.39 Å². The molecule has 0 spiro atoms. The van der Waals surface area contributed by atoms with Gasteiger partial charge in [0.05, 0.1) is 5.38 Å². The van der Waals surface area contributed by atoms with Crippen molar-refractivity contribution in [3.8, 4) is 0 Å². The number of alkyl halides is 1. The van der Waals surface area contributed by atoms with Crippen LogP contribution in [0.4, 0.5) is 4.39 Å². The lowest BCUT2D eigenvalue weighted by atomic mass is 9.94. The van der Waals surface area contributed by atoms with Gasteiger partial charge in [-0.25, -0.2) is 4.39 Å². The van der Waals surface area contributed by atoms with E-state index >= 15 is 0 Å². The highest BCUT2D eigenvalue weighted by molar-refractivity contribution is 6.21. The minimum atomic E-state index is -0.197. The Morgan fingerprint density at radius 3 is 2.21 bits per heavy atom. The van der Waals surface area contributed by atoms with Crippen LogP contribution in [0.25, 0.3) is 0 Å². The second-order valence-corrected chi connectivity index (χ2v) is 5.60. The molecule has 2 aromatic rings. The molecule has 0 heterocycles. The van der Waals surface area contributed by atoms with Crippen LogP contribution in [0.1, 0.15) is 33.2 Å². The average Bonchev–Trinajstić information content (AvgIpc) is 2.30. The lowest BCUT2D eigenvalue weighted by Crippen LogP contribution is -2.03. The van der Waals surface area contributed by atoms with Crippen LogP contribution in [0.5, 0.6) is 0 Å². The summed E-state index contributed by atoms with van der Waals surface area (Å²) in [4.78, 5) is 0. The lowest BCUT2D eigenvalue weighted by Gasteiger charge is -2.17. The number of benzene rings is 2. The van der Waals surface area contributed by atoms with Crippen LogP contribution in [-0.2, 0) is 6.42 Å². The number of rotatable bonds is 3. The fraction of sp³-hybridized carbons (Fsp3) is 0.294. The second-order valence-electron chi connectivity index (χ2n) is 5.08. The maximum atomic E-state index is 13.7. The van der Waals surface area contributed by atoms with Crippen molar-refractivity contribution in [3.05, 3.63) is 70.0 Å². The van der Waals surface area contributed by atoms with E-state index in [2.05, 4.69) is 32.9 Å². The predicted molar refractivity (Wildman–Crippen MR) is 79.4 cm³/mol. The first-order valence-electron chi connectivity index (χ1n) is 6.44. The average molecular weight is 277 g/mol.